The zero-order valence-corrected chi connectivity index (χ0v) is 11.2. The third-order valence-corrected chi connectivity index (χ3v) is 3.92. The summed E-state index contributed by atoms with van der Waals surface area (Å²) in [6.45, 7) is 6.78. The Bertz CT molecular complexity index is 367. The summed E-state index contributed by atoms with van der Waals surface area (Å²) in [5.74, 6) is 0.653. The van der Waals surface area contributed by atoms with Crippen LogP contribution in [0.2, 0.25) is 0 Å². The minimum Gasteiger partial charge on any atom is -0.393 e. The number of hydrogen-bond donors (Lipinski definition) is 1. The SMILES string of the molecule is CC(C)(C)c1cccc(C2CCC(O)CC2)c1. The number of aliphatic hydroxyl groups excluding tert-OH is 1. The van der Waals surface area contributed by atoms with E-state index in [2.05, 4.69) is 45.0 Å². The third kappa shape index (κ3) is 3.10. The molecule has 0 bridgehead atoms. The van der Waals surface area contributed by atoms with Crippen molar-refractivity contribution in [2.75, 3.05) is 0 Å². The quantitative estimate of drug-likeness (QED) is 0.776. The van der Waals surface area contributed by atoms with E-state index < -0.39 is 0 Å². The van der Waals surface area contributed by atoms with Gasteiger partial charge in [-0.2, -0.15) is 0 Å². The first kappa shape index (κ1) is 12.6. The van der Waals surface area contributed by atoms with E-state index in [1.54, 1.807) is 0 Å². The molecule has 0 atom stereocenters. The molecule has 1 nitrogen and oxygen atoms in total. The van der Waals surface area contributed by atoms with Crippen molar-refractivity contribution in [1.82, 2.24) is 0 Å². The van der Waals surface area contributed by atoms with E-state index in [1.807, 2.05) is 0 Å². The van der Waals surface area contributed by atoms with Gasteiger partial charge in [-0.1, -0.05) is 45.0 Å². The minimum atomic E-state index is -0.0583. The lowest BCUT2D eigenvalue weighted by molar-refractivity contribution is 0.122. The lowest BCUT2D eigenvalue weighted by Crippen LogP contribution is -2.18. The molecule has 0 spiro atoms. The Labute approximate surface area is 105 Å². The van der Waals surface area contributed by atoms with E-state index in [0.29, 0.717) is 5.92 Å². The molecule has 1 N–H and O–H groups in total. The average molecular weight is 232 g/mol. The fraction of sp³-hybridized carbons (Fsp3) is 0.625. The highest BCUT2D eigenvalue weighted by atomic mass is 16.3. The Kier molecular flexibility index (Phi) is 3.58. The highest BCUT2D eigenvalue weighted by molar-refractivity contribution is 5.31. The second-order valence-corrected chi connectivity index (χ2v) is 6.38. The summed E-state index contributed by atoms with van der Waals surface area (Å²) in [7, 11) is 0. The molecule has 17 heavy (non-hydrogen) atoms. The van der Waals surface area contributed by atoms with Crippen LogP contribution in [0.5, 0.6) is 0 Å². The summed E-state index contributed by atoms with van der Waals surface area (Å²) in [5.41, 5.74) is 3.11. The second-order valence-electron chi connectivity index (χ2n) is 6.38. The Morgan fingerprint density at radius 1 is 1.06 bits per heavy atom. The average Bonchev–Trinajstić information content (AvgIpc) is 2.29. The highest BCUT2D eigenvalue weighted by Gasteiger charge is 2.22. The molecule has 1 aromatic carbocycles. The van der Waals surface area contributed by atoms with Crippen LogP contribution in [0.4, 0.5) is 0 Å². The van der Waals surface area contributed by atoms with E-state index >= 15 is 0 Å². The summed E-state index contributed by atoms with van der Waals surface area (Å²) >= 11 is 0. The summed E-state index contributed by atoms with van der Waals surface area (Å²) in [4.78, 5) is 0. The molecule has 0 saturated heterocycles. The van der Waals surface area contributed by atoms with Gasteiger partial charge in [0.25, 0.3) is 0 Å². The van der Waals surface area contributed by atoms with Gasteiger partial charge in [-0.25, -0.2) is 0 Å². The van der Waals surface area contributed by atoms with Crippen LogP contribution in [0.1, 0.15) is 63.5 Å². The lowest BCUT2D eigenvalue weighted by Gasteiger charge is -2.27. The zero-order chi connectivity index (χ0) is 12.5. The Balaban J connectivity index is 2.16. The molecule has 0 heterocycles. The molecular formula is C16H24O. The standard InChI is InChI=1S/C16H24O/c1-16(2,3)14-6-4-5-13(11-14)12-7-9-15(17)10-8-12/h4-6,11-12,15,17H,7-10H2,1-3H3. The molecule has 0 aromatic heterocycles. The summed E-state index contributed by atoms with van der Waals surface area (Å²) < 4.78 is 0. The molecule has 0 radical (unpaired) electrons. The first-order chi connectivity index (χ1) is 7.97. The van der Waals surface area contributed by atoms with Gasteiger partial charge in [0.2, 0.25) is 0 Å². The van der Waals surface area contributed by atoms with Crippen molar-refractivity contribution in [3.63, 3.8) is 0 Å². The molecule has 0 unspecified atom stereocenters. The summed E-state index contributed by atoms with van der Waals surface area (Å²) in [5, 5.41) is 9.56. The van der Waals surface area contributed by atoms with Crippen LogP contribution in [-0.2, 0) is 5.41 Å². The van der Waals surface area contributed by atoms with Gasteiger partial charge in [-0.05, 0) is 48.1 Å². The van der Waals surface area contributed by atoms with E-state index in [1.165, 1.54) is 11.1 Å². The van der Waals surface area contributed by atoms with Gasteiger partial charge in [0.15, 0.2) is 0 Å². The smallest absolute Gasteiger partial charge is 0.0540 e. The minimum absolute atomic E-state index is 0.0583. The molecule has 2 rings (SSSR count). The zero-order valence-electron chi connectivity index (χ0n) is 11.2. The summed E-state index contributed by atoms with van der Waals surface area (Å²) in [6, 6.07) is 9.02. The predicted molar refractivity (Wildman–Crippen MR) is 72.4 cm³/mol. The van der Waals surface area contributed by atoms with Crippen LogP contribution in [-0.4, -0.2) is 11.2 Å². The summed E-state index contributed by atoms with van der Waals surface area (Å²) in [6.07, 6.45) is 4.13. The Morgan fingerprint density at radius 2 is 1.71 bits per heavy atom. The first-order valence-electron chi connectivity index (χ1n) is 6.75. The molecule has 1 aliphatic carbocycles. The topological polar surface area (TPSA) is 20.2 Å². The normalized spacial score (nSPS) is 25.9. The van der Waals surface area contributed by atoms with E-state index in [9.17, 15) is 5.11 Å². The van der Waals surface area contributed by atoms with Gasteiger partial charge < -0.3 is 5.11 Å². The van der Waals surface area contributed by atoms with Gasteiger partial charge in [-0.15, -0.1) is 0 Å². The van der Waals surface area contributed by atoms with Crippen molar-refractivity contribution >= 4 is 0 Å². The van der Waals surface area contributed by atoms with Crippen molar-refractivity contribution in [3.8, 4) is 0 Å². The van der Waals surface area contributed by atoms with Gasteiger partial charge in [0.05, 0.1) is 6.10 Å². The van der Waals surface area contributed by atoms with Crippen molar-refractivity contribution < 1.29 is 5.11 Å². The van der Waals surface area contributed by atoms with Gasteiger partial charge in [0, 0.05) is 0 Å². The number of hydrogen-bond acceptors (Lipinski definition) is 1. The fourth-order valence-corrected chi connectivity index (χ4v) is 2.67. The van der Waals surface area contributed by atoms with E-state index in [4.69, 9.17) is 0 Å². The molecule has 1 aromatic rings. The van der Waals surface area contributed by atoms with Crippen molar-refractivity contribution in [2.45, 2.75) is 63.9 Å². The molecule has 0 aliphatic heterocycles. The van der Waals surface area contributed by atoms with Crippen LogP contribution in [0, 0.1) is 0 Å². The molecule has 94 valence electrons. The van der Waals surface area contributed by atoms with E-state index in [-0.39, 0.29) is 11.5 Å². The maximum atomic E-state index is 9.56. The van der Waals surface area contributed by atoms with Crippen LogP contribution in [0.25, 0.3) is 0 Å². The number of aliphatic hydroxyl groups is 1. The third-order valence-electron chi connectivity index (χ3n) is 3.92. The van der Waals surface area contributed by atoms with Crippen LogP contribution >= 0.6 is 0 Å². The Morgan fingerprint density at radius 3 is 2.29 bits per heavy atom. The van der Waals surface area contributed by atoms with E-state index in [0.717, 1.165) is 25.7 Å². The monoisotopic (exact) mass is 232 g/mol. The number of benzene rings is 1. The molecule has 1 heteroatoms. The predicted octanol–water partition coefficient (Wildman–Crippen LogP) is 4.00. The van der Waals surface area contributed by atoms with Crippen LogP contribution in [0.15, 0.2) is 24.3 Å². The van der Waals surface area contributed by atoms with Crippen molar-refractivity contribution in [2.24, 2.45) is 0 Å². The Hall–Kier alpha value is -0.820. The second kappa shape index (κ2) is 4.81. The van der Waals surface area contributed by atoms with Crippen LogP contribution in [0.3, 0.4) is 0 Å². The van der Waals surface area contributed by atoms with Gasteiger partial charge in [-0.3, -0.25) is 0 Å². The maximum Gasteiger partial charge on any atom is 0.0540 e. The van der Waals surface area contributed by atoms with Gasteiger partial charge >= 0.3 is 0 Å². The van der Waals surface area contributed by atoms with Gasteiger partial charge in [0.1, 0.15) is 0 Å². The fourth-order valence-electron chi connectivity index (χ4n) is 2.67. The molecule has 1 aliphatic rings. The molecular weight excluding hydrogens is 208 g/mol. The molecule has 0 amide bonds. The first-order valence-corrected chi connectivity index (χ1v) is 6.75. The maximum absolute atomic E-state index is 9.56. The van der Waals surface area contributed by atoms with Crippen molar-refractivity contribution in [1.29, 1.82) is 0 Å². The van der Waals surface area contributed by atoms with Crippen LogP contribution < -0.4 is 0 Å². The largest absolute Gasteiger partial charge is 0.393 e. The molecule has 1 fully saturated rings. The van der Waals surface area contributed by atoms with Crippen molar-refractivity contribution in [3.05, 3.63) is 35.4 Å². The lowest BCUT2D eigenvalue weighted by atomic mass is 9.79. The highest BCUT2D eigenvalue weighted by Crippen LogP contribution is 2.34. The molecule has 1 saturated carbocycles. The number of rotatable bonds is 1.